The van der Waals surface area contributed by atoms with Crippen LogP contribution in [0.5, 0.6) is 0 Å². The summed E-state index contributed by atoms with van der Waals surface area (Å²) in [4.78, 5) is 33.1. The Morgan fingerprint density at radius 1 is 1.10 bits per heavy atom. The van der Waals surface area contributed by atoms with E-state index >= 15 is 0 Å². The van der Waals surface area contributed by atoms with Gasteiger partial charge in [-0.3, -0.25) is 19.5 Å². The van der Waals surface area contributed by atoms with E-state index < -0.39 is 0 Å². The lowest BCUT2D eigenvalue weighted by Crippen LogP contribution is -2.36. The number of rotatable bonds is 4. The molecule has 1 aliphatic heterocycles. The smallest absolute Gasteiger partial charge is 0.249 e. The van der Waals surface area contributed by atoms with E-state index in [1.165, 1.54) is 11.3 Å². The van der Waals surface area contributed by atoms with Gasteiger partial charge in [0.05, 0.1) is 12.3 Å². The molecule has 3 aromatic rings. The number of Topliss-reactive ketones (excluding diaryl/α,β-unsaturated/α-hetero) is 1. The first-order valence-corrected chi connectivity index (χ1v) is 10.9. The minimum atomic E-state index is -0.211. The lowest BCUT2D eigenvalue weighted by molar-refractivity contribution is -0.117. The summed E-state index contributed by atoms with van der Waals surface area (Å²) in [5, 5.41) is 1.91. The van der Waals surface area contributed by atoms with E-state index in [-0.39, 0.29) is 24.8 Å². The molecule has 0 spiro atoms. The third-order valence-corrected chi connectivity index (χ3v) is 6.81. The van der Waals surface area contributed by atoms with Crippen molar-refractivity contribution in [3.05, 3.63) is 85.7 Å². The van der Waals surface area contributed by atoms with Gasteiger partial charge in [-0.05, 0) is 55.8 Å². The lowest BCUT2D eigenvalue weighted by Gasteiger charge is -2.20. The molecule has 0 atom stereocenters. The first-order chi connectivity index (χ1) is 14.3. The zero-order valence-corrected chi connectivity index (χ0v) is 18.7. The van der Waals surface area contributed by atoms with Crippen molar-refractivity contribution in [2.45, 2.75) is 13.8 Å². The Bertz CT molecular complexity index is 1180. The number of fused-ring (bicyclic) bond motifs is 1. The van der Waals surface area contributed by atoms with Gasteiger partial charge in [-0.25, -0.2) is 0 Å². The third-order valence-electron chi connectivity index (χ3n) is 5.09. The number of aryl methyl sites for hydroxylation is 1. The average Bonchev–Trinajstić information content (AvgIpc) is 2.93. The van der Waals surface area contributed by atoms with Crippen molar-refractivity contribution in [2.24, 2.45) is 4.99 Å². The molecule has 1 amide bonds. The van der Waals surface area contributed by atoms with Gasteiger partial charge in [0, 0.05) is 31.6 Å². The molecule has 0 fully saturated rings. The summed E-state index contributed by atoms with van der Waals surface area (Å²) in [5.41, 5.74) is 4.02. The number of ketones is 1. The minimum absolute atomic E-state index is 0.0321. The van der Waals surface area contributed by atoms with Crippen LogP contribution in [-0.4, -0.2) is 30.5 Å². The normalized spacial score (nSPS) is 13.7. The highest BCUT2D eigenvalue weighted by molar-refractivity contribution is 7.17. The van der Waals surface area contributed by atoms with Gasteiger partial charge >= 0.3 is 0 Å². The molecule has 0 radical (unpaired) electrons. The Morgan fingerprint density at radius 3 is 2.53 bits per heavy atom. The molecule has 7 heteroatoms. The Hall–Kier alpha value is -2.47. The lowest BCUT2D eigenvalue weighted by atomic mass is 10.00. The fraction of sp³-hybridized carbons (Fsp3) is 0.174. The van der Waals surface area contributed by atoms with Gasteiger partial charge in [0.2, 0.25) is 5.91 Å². The summed E-state index contributed by atoms with van der Waals surface area (Å²) >= 11 is 13.6. The maximum absolute atomic E-state index is 13.0. The van der Waals surface area contributed by atoms with Gasteiger partial charge in [0.15, 0.2) is 5.78 Å². The molecule has 30 heavy (non-hydrogen) atoms. The van der Waals surface area contributed by atoms with Crippen molar-refractivity contribution in [3.63, 3.8) is 0 Å². The standard InChI is InChI=1S/C23H18Cl2N2O2S/c1-13-14(2)30-23-21(13)22(16-4-3-5-18(25)10-16)26-11-20(29)27(23)12-19(28)15-6-8-17(24)9-7-15/h3-10H,11-12H2,1-2H3. The molecule has 0 aliphatic carbocycles. The molecule has 0 N–H and O–H groups in total. The molecule has 152 valence electrons. The van der Waals surface area contributed by atoms with Crippen LogP contribution in [0.25, 0.3) is 0 Å². The van der Waals surface area contributed by atoms with E-state index in [2.05, 4.69) is 4.99 Å². The number of nitrogens with zero attached hydrogens (tertiary/aromatic N) is 2. The van der Waals surface area contributed by atoms with Crippen LogP contribution in [0.3, 0.4) is 0 Å². The Morgan fingerprint density at radius 2 is 1.83 bits per heavy atom. The number of aliphatic imine (C=N–C) groups is 1. The van der Waals surface area contributed by atoms with Crippen molar-refractivity contribution >= 4 is 56.9 Å². The fourth-order valence-corrected chi connectivity index (χ4v) is 4.89. The Labute approximate surface area is 188 Å². The number of anilines is 1. The summed E-state index contributed by atoms with van der Waals surface area (Å²) in [6.07, 6.45) is 0. The molecule has 0 bridgehead atoms. The second-order valence-electron chi connectivity index (χ2n) is 7.05. The van der Waals surface area contributed by atoms with Gasteiger partial charge in [0.1, 0.15) is 11.5 Å². The van der Waals surface area contributed by atoms with Gasteiger partial charge in [-0.2, -0.15) is 0 Å². The van der Waals surface area contributed by atoms with Crippen LogP contribution in [0.2, 0.25) is 10.0 Å². The van der Waals surface area contributed by atoms with Gasteiger partial charge < -0.3 is 0 Å². The van der Waals surface area contributed by atoms with Crippen molar-refractivity contribution in [2.75, 3.05) is 18.0 Å². The first kappa shape index (κ1) is 20.8. The second kappa shape index (κ2) is 8.34. The Kier molecular flexibility index (Phi) is 5.78. The quantitative estimate of drug-likeness (QED) is 0.470. The maximum Gasteiger partial charge on any atom is 0.249 e. The van der Waals surface area contributed by atoms with Crippen LogP contribution < -0.4 is 4.90 Å². The molecule has 0 unspecified atom stereocenters. The molecule has 4 nitrogen and oxygen atoms in total. The summed E-state index contributed by atoms with van der Waals surface area (Å²) in [6.45, 7) is 3.94. The molecule has 0 saturated heterocycles. The topological polar surface area (TPSA) is 49.7 Å². The largest absolute Gasteiger partial charge is 0.294 e. The van der Waals surface area contributed by atoms with E-state index in [1.54, 1.807) is 35.2 Å². The number of halogens is 2. The van der Waals surface area contributed by atoms with Crippen LogP contribution in [0.4, 0.5) is 5.00 Å². The molecule has 0 saturated carbocycles. The van der Waals surface area contributed by atoms with E-state index in [9.17, 15) is 9.59 Å². The van der Waals surface area contributed by atoms with Gasteiger partial charge in [0.25, 0.3) is 0 Å². The zero-order chi connectivity index (χ0) is 21.4. The van der Waals surface area contributed by atoms with Crippen LogP contribution in [0.15, 0.2) is 53.5 Å². The predicted octanol–water partition coefficient (Wildman–Crippen LogP) is 5.74. The van der Waals surface area contributed by atoms with Crippen LogP contribution >= 0.6 is 34.5 Å². The highest BCUT2D eigenvalue weighted by Gasteiger charge is 2.31. The Balaban J connectivity index is 1.77. The highest BCUT2D eigenvalue weighted by atomic mass is 35.5. The number of hydrogen-bond donors (Lipinski definition) is 0. The SMILES string of the molecule is Cc1sc2c(c1C)C(c1cccc(Cl)c1)=NCC(=O)N2CC(=O)c1ccc(Cl)cc1. The summed E-state index contributed by atoms with van der Waals surface area (Å²) in [6, 6.07) is 14.1. The summed E-state index contributed by atoms with van der Waals surface area (Å²) in [7, 11) is 0. The minimum Gasteiger partial charge on any atom is -0.294 e. The maximum atomic E-state index is 13.0. The molecule has 2 heterocycles. The first-order valence-electron chi connectivity index (χ1n) is 9.35. The number of amides is 1. The number of carbonyl (C=O) groups is 2. The molecule has 4 rings (SSSR count). The molecule has 1 aliphatic rings. The fourth-order valence-electron chi connectivity index (χ4n) is 3.40. The van der Waals surface area contributed by atoms with Crippen LogP contribution in [0, 0.1) is 13.8 Å². The molecular weight excluding hydrogens is 439 g/mol. The molecule has 1 aromatic heterocycles. The number of thiophene rings is 1. The third kappa shape index (κ3) is 3.93. The van der Waals surface area contributed by atoms with E-state index in [4.69, 9.17) is 23.2 Å². The molecular formula is C23H18Cl2N2O2S. The predicted molar refractivity (Wildman–Crippen MR) is 124 cm³/mol. The van der Waals surface area contributed by atoms with Crippen LogP contribution in [0.1, 0.15) is 31.9 Å². The second-order valence-corrected chi connectivity index (χ2v) is 9.12. The van der Waals surface area contributed by atoms with E-state index in [1.807, 2.05) is 32.0 Å². The van der Waals surface area contributed by atoms with Crippen molar-refractivity contribution in [3.8, 4) is 0 Å². The van der Waals surface area contributed by atoms with E-state index in [0.29, 0.717) is 15.6 Å². The highest BCUT2D eigenvalue weighted by Crippen LogP contribution is 2.39. The summed E-state index contributed by atoms with van der Waals surface area (Å²) in [5.74, 6) is -0.363. The summed E-state index contributed by atoms with van der Waals surface area (Å²) < 4.78 is 0. The number of carbonyl (C=O) groups excluding carboxylic acids is 2. The van der Waals surface area contributed by atoms with E-state index in [0.717, 1.165) is 32.3 Å². The number of hydrogen-bond acceptors (Lipinski definition) is 4. The van der Waals surface area contributed by atoms with Gasteiger partial charge in [-0.15, -0.1) is 11.3 Å². The average molecular weight is 457 g/mol. The molecule has 2 aromatic carbocycles. The van der Waals surface area contributed by atoms with Crippen molar-refractivity contribution < 1.29 is 9.59 Å². The number of benzene rings is 2. The van der Waals surface area contributed by atoms with Crippen molar-refractivity contribution in [1.29, 1.82) is 0 Å². The van der Waals surface area contributed by atoms with Crippen molar-refractivity contribution in [1.82, 2.24) is 0 Å². The zero-order valence-electron chi connectivity index (χ0n) is 16.4. The van der Waals surface area contributed by atoms with Gasteiger partial charge in [-0.1, -0.05) is 35.3 Å². The van der Waals surface area contributed by atoms with Crippen LogP contribution in [-0.2, 0) is 4.79 Å². The monoisotopic (exact) mass is 456 g/mol.